The summed E-state index contributed by atoms with van der Waals surface area (Å²) in [6.07, 6.45) is -4.71. The van der Waals surface area contributed by atoms with Crippen LogP contribution in [-0.2, 0) is 10.9 Å². The van der Waals surface area contributed by atoms with Gasteiger partial charge in [0, 0.05) is 11.3 Å². The molecule has 0 spiro atoms. The minimum Gasteiger partial charge on any atom is -0.465 e. The standard InChI is InChI=1S/C15H11F3N2O2/c1-8-11(9-4-6-10(19-2)7-5-9)12(14(21)22-3)13(20-8)15(16,17)18/h4-7,20H,1,3H3. The zero-order valence-electron chi connectivity index (χ0n) is 11.7. The number of aromatic amines is 1. The number of carbonyl (C=O) groups excluding carboxylic acids is 1. The van der Waals surface area contributed by atoms with Gasteiger partial charge in [0.25, 0.3) is 0 Å². The van der Waals surface area contributed by atoms with Crippen molar-refractivity contribution in [3.05, 3.63) is 52.6 Å². The lowest BCUT2D eigenvalue weighted by Crippen LogP contribution is -2.13. The number of aromatic nitrogens is 1. The van der Waals surface area contributed by atoms with Crippen LogP contribution < -0.4 is 0 Å². The van der Waals surface area contributed by atoms with Crippen LogP contribution in [0.15, 0.2) is 24.3 Å². The van der Waals surface area contributed by atoms with Gasteiger partial charge in [-0.25, -0.2) is 9.64 Å². The first kappa shape index (κ1) is 15.6. The van der Waals surface area contributed by atoms with E-state index < -0.39 is 23.4 Å². The number of rotatable bonds is 2. The number of benzene rings is 1. The lowest BCUT2D eigenvalue weighted by atomic mass is 10.00. The van der Waals surface area contributed by atoms with E-state index in [0.717, 1.165) is 7.11 Å². The van der Waals surface area contributed by atoms with Crippen molar-refractivity contribution in [1.82, 2.24) is 4.98 Å². The normalized spacial score (nSPS) is 11.1. The molecule has 1 aromatic carbocycles. The number of carbonyl (C=O) groups is 1. The van der Waals surface area contributed by atoms with Gasteiger partial charge < -0.3 is 9.72 Å². The van der Waals surface area contributed by atoms with Crippen LogP contribution in [0.4, 0.5) is 18.9 Å². The SMILES string of the molecule is [C-]#[N+]c1ccc(-c2c(C)[nH]c(C(F)(F)F)c2C(=O)OC)cc1. The monoisotopic (exact) mass is 308 g/mol. The highest BCUT2D eigenvalue weighted by Gasteiger charge is 2.40. The second-order valence-corrected chi connectivity index (χ2v) is 4.52. The highest BCUT2D eigenvalue weighted by atomic mass is 19.4. The number of nitrogens with zero attached hydrogens (tertiary/aromatic N) is 1. The summed E-state index contributed by atoms with van der Waals surface area (Å²) in [4.78, 5) is 17.2. The zero-order valence-corrected chi connectivity index (χ0v) is 11.7. The summed E-state index contributed by atoms with van der Waals surface area (Å²) in [5, 5.41) is 0. The molecule has 7 heteroatoms. The highest BCUT2D eigenvalue weighted by Crippen LogP contribution is 2.39. The fourth-order valence-electron chi connectivity index (χ4n) is 2.21. The van der Waals surface area contributed by atoms with Crippen LogP contribution in [0.3, 0.4) is 0 Å². The number of H-pyrrole nitrogens is 1. The predicted octanol–water partition coefficient (Wildman–Crippen LogP) is 4.35. The van der Waals surface area contributed by atoms with Crippen LogP contribution in [0, 0.1) is 13.5 Å². The summed E-state index contributed by atoms with van der Waals surface area (Å²) in [7, 11) is 1.02. The maximum atomic E-state index is 13.1. The van der Waals surface area contributed by atoms with Gasteiger partial charge in [-0.3, -0.25) is 0 Å². The van der Waals surface area contributed by atoms with E-state index in [1.807, 2.05) is 0 Å². The van der Waals surface area contributed by atoms with Gasteiger partial charge in [-0.1, -0.05) is 24.3 Å². The lowest BCUT2D eigenvalue weighted by Gasteiger charge is -2.09. The van der Waals surface area contributed by atoms with Gasteiger partial charge in [0.1, 0.15) is 5.69 Å². The van der Waals surface area contributed by atoms with Crippen LogP contribution in [0.2, 0.25) is 0 Å². The minimum absolute atomic E-state index is 0.121. The molecule has 0 saturated heterocycles. The third kappa shape index (κ3) is 2.68. The molecule has 0 bridgehead atoms. The van der Waals surface area contributed by atoms with Crippen molar-refractivity contribution >= 4 is 11.7 Å². The Labute approximate surface area is 124 Å². The van der Waals surface area contributed by atoms with Gasteiger partial charge in [0.15, 0.2) is 5.69 Å². The Morgan fingerprint density at radius 3 is 2.32 bits per heavy atom. The Hall–Kier alpha value is -2.75. The number of halogens is 3. The van der Waals surface area contributed by atoms with Gasteiger partial charge in [0.2, 0.25) is 0 Å². The van der Waals surface area contributed by atoms with Crippen molar-refractivity contribution in [2.75, 3.05) is 7.11 Å². The molecule has 0 fully saturated rings. The Morgan fingerprint density at radius 2 is 1.86 bits per heavy atom. The van der Waals surface area contributed by atoms with E-state index in [0.29, 0.717) is 11.3 Å². The summed E-state index contributed by atoms with van der Waals surface area (Å²) in [6.45, 7) is 8.33. The van der Waals surface area contributed by atoms with Crippen LogP contribution in [-0.4, -0.2) is 18.1 Å². The Kier molecular flexibility index (Phi) is 3.95. The maximum Gasteiger partial charge on any atom is 0.432 e. The molecular formula is C15H11F3N2O2. The van der Waals surface area contributed by atoms with E-state index in [1.165, 1.54) is 31.2 Å². The number of nitrogens with one attached hydrogen (secondary N) is 1. The zero-order chi connectivity index (χ0) is 16.5. The molecule has 0 unspecified atom stereocenters. The molecule has 2 aromatic rings. The largest absolute Gasteiger partial charge is 0.465 e. The molecule has 114 valence electrons. The van der Waals surface area contributed by atoms with Crippen LogP contribution in [0.5, 0.6) is 0 Å². The van der Waals surface area contributed by atoms with Gasteiger partial charge >= 0.3 is 12.1 Å². The van der Waals surface area contributed by atoms with E-state index in [9.17, 15) is 18.0 Å². The average molecular weight is 308 g/mol. The highest BCUT2D eigenvalue weighted by molar-refractivity contribution is 6.00. The van der Waals surface area contributed by atoms with Crippen molar-refractivity contribution in [2.24, 2.45) is 0 Å². The van der Waals surface area contributed by atoms with Gasteiger partial charge in [-0.05, 0) is 12.5 Å². The minimum atomic E-state index is -4.71. The van der Waals surface area contributed by atoms with Crippen molar-refractivity contribution in [2.45, 2.75) is 13.1 Å². The summed E-state index contributed by atoms with van der Waals surface area (Å²) in [5.41, 5.74) is -0.618. The summed E-state index contributed by atoms with van der Waals surface area (Å²) < 4.78 is 43.8. The third-order valence-electron chi connectivity index (χ3n) is 3.15. The van der Waals surface area contributed by atoms with E-state index in [4.69, 9.17) is 6.57 Å². The Morgan fingerprint density at radius 1 is 1.27 bits per heavy atom. The first-order valence-corrected chi connectivity index (χ1v) is 6.15. The van der Waals surface area contributed by atoms with Gasteiger partial charge in [0.05, 0.1) is 19.2 Å². The second-order valence-electron chi connectivity index (χ2n) is 4.52. The van der Waals surface area contributed by atoms with E-state index >= 15 is 0 Å². The molecule has 0 aliphatic rings. The van der Waals surface area contributed by atoms with E-state index in [-0.39, 0.29) is 11.3 Å². The van der Waals surface area contributed by atoms with Crippen molar-refractivity contribution < 1.29 is 22.7 Å². The fourth-order valence-corrected chi connectivity index (χ4v) is 2.21. The molecule has 2 rings (SSSR count). The molecule has 1 aromatic heterocycles. The number of hydrogen-bond donors (Lipinski definition) is 1. The lowest BCUT2D eigenvalue weighted by molar-refractivity contribution is -0.141. The third-order valence-corrected chi connectivity index (χ3v) is 3.15. The molecule has 0 atom stereocenters. The second kappa shape index (κ2) is 5.56. The van der Waals surface area contributed by atoms with Crippen LogP contribution in [0.25, 0.3) is 16.0 Å². The molecule has 0 radical (unpaired) electrons. The Balaban J connectivity index is 2.72. The van der Waals surface area contributed by atoms with Crippen LogP contribution >= 0.6 is 0 Å². The fraction of sp³-hybridized carbons (Fsp3) is 0.200. The molecule has 0 aliphatic carbocycles. The number of ether oxygens (including phenoxy) is 1. The van der Waals surface area contributed by atoms with Crippen molar-refractivity contribution in [1.29, 1.82) is 0 Å². The molecule has 0 amide bonds. The summed E-state index contributed by atoms with van der Waals surface area (Å²) >= 11 is 0. The molecule has 0 saturated carbocycles. The molecule has 1 heterocycles. The van der Waals surface area contributed by atoms with Crippen molar-refractivity contribution in [3.8, 4) is 11.1 Å². The Bertz CT molecular complexity index is 753. The van der Waals surface area contributed by atoms with E-state index in [2.05, 4.69) is 14.6 Å². The summed E-state index contributed by atoms with van der Waals surface area (Å²) in [5.74, 6) is -1.07. The quantitative estimate of drug-likeness (QED) is 0.662. The molecule has 0 aliphatic heterocycles. The first-order chi connectivity index (χ1) is 10.3. The number of methoxy groups -OCH3 is 1. The van der Waals surface area contributed by atoms with E-state index in [1.54, 1.807) is 0 Å². The van der Waals surface area contributed by atoms with Crippen molar-refractivity contribution in [3.63, 3.8) is 0 Å². The number of aryl methyl sites for hydroxylation is 1. The predicted molar refractivity (Wildman–Crippen MR) is 73.6 cm³/mol. The number of alkyl halides is 3. The van der Waals surface area contributed by atoms with Gasteiger partial charge in [-0.15, -0.1) is 0 Å². The average Bonchev–Trinajstić information content (AvgIpc) is 2.84. The topological polar surface area (TPSA) is 46.5 Å². The smallest absolute Gasteiger partial charge is 0.432 e. The molecule has 22 heavy (non-hydrogen) atoms. The number of hydrogen-bond acceptors (Lipinski definition) is 2. The van der Waals surface area contributed by atoms with Gasteiger partial charge in [-0.2, -0.15) is 13.2 Å². The molecule has 1 N–H and O–H groups in total. The number of esters is 1. The van der Waals surface area contributed by atoms with Crippen LogP contribution in [0.1, 0.15) is 21.7 Å². The summed E-state index contributed by atoms with van der Waals surface area (Å²) in [6, 6.07) is 5.94. The molecule has 4 nitrogen and oxygen atoms in total. The first-order valence-electron chi connectivity index (χ1n) is 6.15. The maximum absolute atomic E-state index is 13.1. The molecular weight excluding hydrogens is 297 g/mol.